The molecule has 0 radical (unpaired) electrons. The zero-order valence-electron chi connectivity index (χ0n) is 9.10. The second-order valence-corrected chi connectivity index (χ2v) is 5.20. The van der Waals surface area contributed by atoms with Crippen LogP contribution in [0.1, 0.15) is 31.3 Å². The molecule has 0 aliphatic carbocycles. The quantitative estimate of drug-likeness (QED) is 0.800. The van der Waals surface area contributed by atoms with Gasteiger partial charge in [-0.05, 0) is 18.1 Å². The summed E-state index contributed by atoms with van der Waals surface area (Å²) in [4.78, 5) is 15.5. The van der Waals surface area contributed by atoms with Gasteiger partial charge in [0.25, 0.3) is 0 Å². The van der Waals surface area contributed by atoms with Crippen molar-refractivity contribution in [2.45, 2.75) is 30.9 Å². The van der Waals surface area contributed by atoms with Crippen LogP contribution in [0.25, 0.3) is 0 Å². The summed E-state index contributed by atoms with van der Waals surface area (Å²) in [6.45, 7) is 6.48. The van der Waals surface area contributed by atoms with E-state index in [0.29, 0.717) is 11.2 Å². The van der Waals surface area contributed by atoms with Crippen LogP contribution in [0.3, 0.4) is 0 Å². The molecule has 0 aliphatic rings. The van der Waals surface area contributed by atoms with Gasteiger partial charge in [0, 0.05) is 16.3 Å². The lowest BCUT2D eigenvalue weighted by Crippen LogP contribution is -2.05. The van der Waals surface area contributed by atoms with E-state index >= 15 is 0 Å². The van der Waals surface area contributed by atoms with Gasteiger partial charge in [-0.3, -0.25) is 0 Å². The lowest BCUT2D eigenvalue weighted by molar-refractivity contribution is 0.0690. The fourth-order valence-electron chi connectivity index (χ4n) is 0.927. The van der Waals surface area contributed by atoms with Gasteiger partial charge in [0.2, 0.25) is 0 Å². The Balaban J connectivity index is 2.68. The number of carboxylic acids is 1. The highest BCUT2D eigenvalue weighted by Crippen LogP contribution is 2.26. The first-order chi connectivity index (χ1) is 7.00. The van der Waals surface area contributed by atoms with Crippen molar-refractivity contribution in [1.82, 2.24) is 4.98 Å². The number of rotatable bonds is 4. The Morgan fingerprint density at radius 2 is 2.07 bits per heavy atom. The van der Waals surface area contributed by atoms with Crippen LogP contribution in [-0.4, -0.2) is 21.3 Å². The van der Waals surface area contributed by atoms with Crippen LogP contribution in [-0.2, 0) is 0 Å². The maximum atomic E-state index is 10.6. The minimum atomic E-state index is -0.983. The average Bonchev–Trinajstić information content (AvgIpc) is 2.18. The molecule has 1 N–H and O–H groups in total. The minimum absolute atomic E-state index is 0.0940. The molecule has 1 aromatic heterocycles. The first kappa shape index (κ1) is 12.0. The van der Waals surface area contributed by atoms with Crippen molar-refractivity contribution in [1.29, 1.82) is 0 Å². The van der Waals surface area contributed by atoms with E-state index in [-0.39, 0.29) is 5.69 Å². The van der Waals surface area contributed by atoms with E-state index in [4.69, 9.17) is 5.11 Å². The molecule has 1 heterocycles. The van der Waals surface area contributed by atoms with Crippen LogP contribution in [0.5, 0.6) is 0 Å². The van der Waals surface area contributed by atoms with Crippen molar-refractivity contribution in [3.05, 3.63) is 24.0 Å². The Labute approximate surface area is 93.9 Å². The predicted octanol–water partition coefficient (Wildman–Crippen LogP) is 2.92. The van der Waals surface area contributed by atoms with Gasteiger partial charge in [-0.15, -0.1) is 11.8 Å². The summed E-state index contributed by atoms with van der Waals surface area (Å²) in [6.07, 6.45) is 1.62. The van der Waals surface area contributed by atoms with E-state index in [9.17, 15) is 4.79 Å². The van der Waals surface area contributed by atoms with Gasteiger partial charge < -0.3 is 5.11 Å². The molecule has 1 atom stereocenters. The number of aromatic carboxylic acids is 1. The highest BCUT2D eigenvalue weighted by molar-refractivity contribution is 8.00. The van der Waals surface area contributed by atoms with E-state index in [2.05, 4.69) is 25.8 Å². The lowest BCUT2D eigenvalue weighted by Gasteiger charge is -2.14. The molecule has 0 bridgehead atoms. The molecule has 1 unspecified atom stereocenters. The molecule has 0 aromatic carbocycles. The average molecular weight is 225 g/mol. The summed E-state index contributed by atoms with van der Waals surface area (Å²) in [7, 11) is 0. The van der Waals surface area contributed by atoms with E-state index < -0.39 is 5.97 Å². The molecule has 0 spiro atoms. The van der Waals surface area contributed by atoms with E-state index in [1.807, 2.05) is 0 Å². The van der Waals surface area contributed by atoms with Gasteiger partial charge in [0.1, 0.15) is 5.69 Å². The Kier molecular flexibility index (Phi) is 4.15. The Morgan fingerprint density at radius 3 is 2.47 bits per heavy atom. The summed E-state index contributed by atoms with van der Waals surface area (Å²) in [5.74, 6) is -0.391. The molecule has 4 heteroatoms. The highest BCUT2D eigenvalue weighted by Gasteiger charge is 2.10. The third-order valence-corrected chi connectivity index (χ3v) is 3.65. The number of aromatic nitrogens is 1. The summed E-state index contributed by atoms with van der Waals surface area (Å²) < 4.78 is 0. The van der Waals surface area contributed by atoms with Crippen LogP contribution in [0.2, 0.25) is 0 Å². The second-order valence-electron chi connectivity index (χ2n) is 3.75. The highest BCUT2D eigenvalue weighted by atomic mass is 32.2. The van der Waals surface area contributed by atoms with E-state index in [1.54, 1.807) is 24.0 Å². The number of hydrogen-bond acceptors (Lipinski definition) is 3. The third-order valence-electron chi connectivity index (χ3n) is 2.22. The maximum Gasteiger partial charge on any atom is 0.354 e. The summed E-state index contributed by atoms with van der Waals surface area (Å²) in [6, 6.07) is 3.34. The Bertz CT molecular complexity index is 335. The molecular weight excluding hydrogens is 210 g/mol. The van der Waals surface area contributed by atoms with Crippen LogP contribution in [0.15, 0.2) is 23.2 Å². The molecule has 82 valence electrons. The number of nitrogens with zero attached hydrogens (tertiary/aromatic N) is 1. The van der Waals surface area contributed by atoms with Gasteiger partial charge in [-0.25, -0.2) is 9.78 Å². The standard InChI is InChI=1S/C11H15NO2S/c1-7(2)8(3)15-9-4-5-10(11(13)14)12-6-9/h4-8H,1-3H3,(H,13,14). The van der Waals surface area contributed by atoms with Crippen molar-refractivity contribution in [3.8, 4) is 0 Å². The SMILES string of the molecule is CC(C)C(C)Sc1ccc(C(=O)O)nc1. The summed E-state index contributed by atoms with van der Waals surface area (Å²) >= 11 is 1.72. The molecule has 1 aromatic rings. The second kappa shape index (κ2) is 5.16. The minimum Gasteiger partial charge on any atom is -0.477 e. The molecule has 0 aliphatic heterocycles. The van der Waals surface area contributed by atoms with Gasteiger partial charge >= 0.3 is 5.97 Å². The number of pyridine rings is 1. The van der Waals surface area contributed by atoms with E-state index in [0.717, 1.165) is 4.90 Å². The van der Waals surface area contributed by atoms with Crippen molar-refractivity contribution < 1.29 is 9.90 Å². The predicted molar refractivity (Wildman–Crippen MR) is 61.4 cm³/mol. The Morgan fingerprint density at radius 1 is 1.40 bits per heavy atom. The van der Waals surface area contributed by atoms with Crippen molar-refractivity contribution in [3.63, 3.8) is 0 Å². The fourth-order valence-corrected chi connectivity index (χ4v) is 1.89. The molecule has 15 heavy (non-hydrogen) atoms. The van der Waals surface area contributed by atoms with Gasteiger partial charge in [0.05, 0.1) is 0 Å². The number of hydrogen-bond donors (Lipinski definition) is 1. The Hall–Kier alpha value is -1.03. The van der Waals surface area contributed by atoms with Crippen molar-refractivity contribution in [2.24, 2.45) is 5.92 Å². The number of carbonyl (C=O) groups is 1. The molecule has 3 nitrogen and oxygen atoms in total. The first-order valence-corrected chi connectivity index (χ1v) is 5.74. The van der Waals surface area contributed by atoms with Crippen LogP contribution in [0.4, 0.5) is 0 Å². The topological polar surface area (TPSA) is 50.2 Å². The first-order valence-electron chi connectivity index (χ1n) is 4.86. The normalized spacial score (nSPS) is 12.8. The zero-order valence-corrected chi connectivity index (χ0v) is 9.91. The van der Waals surface area contributed by atoms with Gasteiger partial charge in [0.15, 0.2) is 0 Å². The summed E-state index contributed by atoms with van der Waals surface area (Å²) in [5.41, 5.74) is 0.0940. The molecule has 0 fully saturated rings. The van der Waals surface area contributed by atoms with Crippen LogP contribution in [0, 0.1) is 5.92 Å². The van der Waals surface area contributed by atoms with Gasteiger partial charge in [-0.2, -0.15) is 0 Å². The van der Waals surface area contributed by atoms with Crippen LogP contribution >= 0.6 is 11.8 Å². The third kappa shape index (κ3) is 3.55. The molecule has 0 amide bonds. The van der Waals surface area contributed by atoms with E-state index in [1.165, 1.54) is 6.07 Å². The molecule has 0 saturated carbocycles. The number of thioether (sulfide) groups is 1. The lowest BCUT2D eigenvalue weighted by atomic mass is 10.2. The monoisotopic (exact) mass is 225 g/mol. The zero-order chi connectivity index (χ0) is 11.4. The smallest absolute Gasteiger partial charge is 0.354 e. The largest absolute Gasteiger partial charge is 0.477 e. The molecule has 1 rings (SSSR count). The molecular formula is C11H15NO2S. The van der Waals surface area contributed by atoms with Gasteiger partial charge in [-0.1, -0.05) is 20.8 Å². The maximum absolute atomic E-state index is 10.6. The fraction of sp³-hybridized carbons (Fsp3) is 0.455. The van der Waals surface area contributed by atoms with Crippen molar-refractivity contribution in [2.75, 3.05) is 0 Å². The van der Waals surface area contributed by atoms with Crippen LogP contribution < -0.4 is 0 Å². The molecule has 0 saturated heterocycles. The van der Waals surface area contributed by atoms with Crippen molar-refractivity contribution >= 4 is 17.7 Å². The number of carboxylic acid groups (broad SMARTS) is 1. The summed E-state index contributed by atoms with van der Waals surface area (Å²) in [5, 5.41) is 9.18.